The molecule has 1 unspecified atom stereocenters. The quantitative estimate of drug-likeness (QED) is 0.420. The van der Waals surface area contributed by atoms with Crippen LogP contribution >= 0.6 is 11.3 Å². The van der Waals surface area contributed by atoms with Crippen LogP contribution in [0.15, 0.2) is 42.5 Å². The van der Waals surface area contributed by atoms with Crippen LogP contribution in [0.5, 0.6) is 0 Å². The highest BCUT2D eigenvalue weighted by atomic mass is 32.1. The van der Waals surface area contributed by atoms with Gasteiger partial charge in [0.15, 0.2) is 0 Å². The first-order valence-electron chi connectivity index (χ1n) is 10.7. The van der Waals surface area contributed by atoms with Crippen LogP contribution < -0.4 is 10.2 Å². The number of aryl methyl sites for hydroxylation is 1. The lowest BCUT2D eigenvalue weighted by Gasteiger charge is -2.16. The fourth-order valence-electron chi connectivity index (χ4n) is 3.66. The average molecular weight is 452 g/mol. The molecule has 32 heavy (non-hydrogen) atoms. The highest BCUT2D eigenvalue weighted by Gasteiger charge is 2.35. The molecule has 2 aromatic carbocycles. The average Bonchev–Trinajstić information content (AvgIpc) is 3.35. The maximum Gasteiger partial charge on any atom is 0.338 e. The van der Waals surface area contributed by atoms with Crippen molar-refractivity contribution in [1.82, 2.24) is 4.98 Å². The third-order valence-electron chi connectivity index (χ3n) is 5.40. The fourth-order valence-corrected chi connectivity index (χ4v) is 4.47. The van der Waals surface area contributed by atoms with Crippen LogP contribution in [0.3, 0.4) is 0 Å². The molecule has 4 rings (SSSR count). The van der Waals surface area contributed by atoms with Gasteiger partial charge in [-0.15, -0.1) is 11.3 Å². The van der Waals surface area contributed by atoms with E-state index in [1.54, 1.807) is 40.5 Å². The molecule has 3 aromatic rings. The molecule has 2 heterocycles. The van der Waals surface area contributed by atoms with Crippen LogP contribution in [0, 0.1) is 12.8 Å². The summed E-state index contributed by atoms with van der Waals surface area (Å²) in [4.78, 5) is 43.5. The van der Waals surface area contributed by atoms with Crippen molar-refractivity contribution in [3.8, 4) is 0 Å². The molecule has 1 aliphatic rings. The number of unbranched alkanes of at least 4 members (excludes halogenated alkanes) is 1. The Morgan fingerprint density at radius 1 is 1.22 bits per heavy atom. The number of rotatable bonds is 7. The van der Waals surface area contributed by atoms with Crippen LogP contribution in [0.2, 0.25) is 0 Å². The Hall–Kier alpha value is -3.26. The van der Waals surface area contributed by atoms with Crippen molar-refractivity contribution in [2.45, 2.75) is 33.1 Å². The van der Waals surface area contributed by atoms with Gasteiger partial charge in [-0.3, -0.25) is 9.59 Å². The zero-order valence-corrected chi connectivity index (χ0v) is 18.9. The number of ether oxygens (including phenoxy) is 1. The molecule has 8 heteroatoms. The summed E-state index contributed by atoms with van der Waals surface area (Å²) in [5, 5.41) is 3.82. The number of benzene rings is 2. The van der Waals surface area contributed by atoms with Gasteiger partial charge < -0.3 is 15.0 Å². The van der Waals surface area contributed by atoms with Crippen molar-refractivity contribution in [2.75, 3.05) is 23.4 Å². The van der Waals surface area contributed by atoms with Gasteiger partial charge in [-0.25, -0.2) is 9.78 Å². The summed E-state index contributed by atoms with van der Waals surface area (Å²) >= 11 is 1.61. The largest absolute Gasteiger partial charge is 0.462 e. The maximum absolute atomic E-state index is 12.8. The van der Waals surface area contributed by atoms with Crippen LogP contribution in [0.25, 0.3) is 10.2 Å². The number of carbonyl (C=O) groups is 3. The Balaban J connectivity index is 1.37. The lowest BCUT2D eigenvalue weighted by molar-refractivity contribution is -0.122. The van der Waals surface area contributed by atoms with Gasteiger partial charge in [-0.05, 0) is 55.8 Å². The molecule has 0 aliphatic carbocycles. The normalized spacial score (nSPS) is 15.9. The molecule has 1 aliphatic heterocycles. The van der Waals surface area contributed by atoms with E-state index in [0.717, 1.165) is 33.8 Å². The number of thiazole rings is 1. The second-order valence-corrected chi connectivity index (χ2v) is 9.08. The molecule has 2 amide bonds. The number of nitrogens with one attached hydrogen (secondary N) is 1. The summed E-state index contributed by atoms with van der Waals surface area (Å²) in [5.41, 5.74) is 2.63. The molecule has 1 N–H and O–H groups in total. The number of esters is 1. The van der Waals surface area contributed by atoms with Gasteiger partial charge in [0.25, 0.3) is 0 Å². The Bertz CT molecular complexity index is 1160. The van der Waals surface area contributed by atoms with E-state index in [9.17, 15) is 14.4 Å². The third-order valence-corrected chi connectivity index (χ3v) is 6.36. The van der Waals surface area contributed by atoms with Crippen molar-refractivity contribution >= 4 is 50.7 Å². The smallest absolute Gasteiger partial charge is 0.338 e. The maximum atomic E-state index is 12.8. The monoisotopic (exact) mass is 451 g/mol. The van der Waals surface area contributed by atoms with Crippen molar-refractivity contribution < 1.29 is 19.1 Å². The number of anilines is 2. The van der Waals surface area contributed by atoms with Gasteiger partial charge in [0.1, 0.15) is 0 Å². The lowest BCUT2D eigenvalue weighted by atomic mass is 10.1. The van der Waals surface area contributed by atoms with E-state index in [-0.39, 0.29) is 24.2 Å². The SMILES string of the molecule is CCCCOC(=O)c1ccc(NC(=O)C2CC(=O)N(c3ccc4sc(C)nc4c3)C2)cc1. The third kappa shape index (κ3) is 4.80. The molecule has 7 nitrogen and oxygen atoms in total. The van der Waals surface area contributed by atoms with Gasteiger partial charge in [-0.1, -0.05) is 13.3 Å². The van der Waals surface area contributed by atoms with Crippen LogP contribution in [-0.4, -0.2) is 35.9 Å². The molecule has 0 radical (unpaired) electrons. The predicted octanol–water partition coefficient (Wildman–Crippen LogP) is 4.55. The first kappa shape index (κ1) is 22.0. The Morgan fingerprint density at radius 2 is 2.00 bits per heavy atom. The van der Waals surface area contributed by atoms with E-state index in [0.29, 0.717) is 24.4 Å². The summed E-state index contributed by atoms with van der Waals surface area (Å²) < 4.78 is 6.27. The summed E-state index contributed by atoms with van der Waals surface area (Å²) in [7, 11) is 0. The number of nitrogens with zero attached hydrogens (tertiary/aromatic N) is 2. The molecular formula is C24H25N3O4S. The second kappa shape index (κ2) is 9.48. The number of hydrogen-bond donors (Lipinski definition) is 1. The van der Waals surface area contributed by atoms with Crippen LogP contribution in [0.4, 0.5) is 11.4 Å². The lowest BCUT2D eigenvalue weighted by Crippen LogP contribution is -2.28. The van der Waals surface area contributed by atoms with Crippen molar-refractivity contribution in [3.05, 3.63) is 53.0 Å². The van der Waals surface area contributed by atoms with E-state index < -0.39 is 5.92 Å². The highest BCUT2D eigenvalue weighted by Crippen LogP contribution is 2.30. The van der Waals surface area contributed by atoms with Gasteiger partial charge in [0.05, 0.1) is 33.3 Å². The van der Waals surface area contributed by atoms with Crippen molar-refractivity contribution in [3.63, 3.8) is 0 Å². The van der Waals surface area contributed by atoms with Gasteiger partial charge in [-0.2, -0.15) is 0 Å². The molecule has 1 atom stereocenters. The molecule has 0 bridgehead atoms. The summed E-state index contributed by atoms with van der Waals surface area (Å²) in [5.74, 6) is -1.12. The van der Waals surface area contributed by atoms with Crippen LogP contribution in [-0.2, 0) is 14.3 Å². The van der Waals surface area contributed by atoms with Gasteiger partial charge in [0.2, 0.25) is 11.8 Å². The molecule has 1 fully saturated rings. The van der Waals surface area contributed by atoms with E-state index in [4.69, 9.17) is 4.74 Å². The number of carbonyl (C=O) groups excluding carboxylic acids is 3. The molecular weight excluding hydrogens is 426 g/mol. The molecule has 0 saturated carbocycles. The van der Waals surface area contributed by atoms with Crippen molar-refractivity contribution in [2.24, 2.45) is 5.92 Å². The summed E-state index contributed by atoms with van der Waals surface area (Å²) in [6.45, 7) is 4.70. The Labute approximate surface area is 190 Å². The molecule has 166 valence electrons. The minimum atomic E-state index is -0.450. The minimum Gasteiger partial charge on any atom is -0.462 e. The van der Waals surface area contributed by atoms with E-state index in [1.807, 2.05) is 32.0 Å². The number of hydrogen-bond acceptors (Lipinski definition) is 6. The van der Waals surface area contributed by atoms with E-state index in [1.165, 1.54) is 0 Å². The zero-order chi connectivity index (χ0) is 22.7. The van der Waals surface area contributed by atoms with E-state index in [2.05, 4.69) is 10.3 Å². The van der Waals surface area contributed by atoms with Crippen molar-refractivity contribution in [1.29, 1.82) is 0 Å². The first-order chi connectivity index (χ1) is 15.4. The second-order valence-electron chi connectivity index (χ2n) is 7.85. The number of aromatic nitrogens is 1. The topological polar surface area (TPSA) is 88.6 Å². The highest BCUT2D eigenvalue weighted by molar-refractivity contribution is 7.18. The zero-order valence-electron chi connectivity index (χ0n) is 18.1. The Kier molecular flexibility index (Phi) is 6.50. The molecule has 1 saturated heterocycles. The van der Waals surface area contributed by atoms with E-state index >= 15 is 0 Å². The Morgan fingerprint density at radius 3 is 2.75 bits per heavy atom. The standard InChI is InChI=1S/C24H25N3O4S/c1-3-4-11-31-24(30)16-5-7-18(8-6-16)26-23(29)17-12-22(28)27(14-17)19-9-10-21-20(13-19)25-15(2)32-21/h5-10,13,17H,3-4,11-12,14H2,1-2H3,(H,26,29). The van der Waals surface area contributed by atoms with Gasteiger partial charge >= 0.3 is 5.97 Å². The fraction of sp³-hybridized carbons (Fsp3) is 0.333. The minimum absolute atomic E-state index is 0.0818. The molecule has 1 aromatic heterocycles. The summed E-state index contributed by atoms with van der Waals surface area (Å²) in [6, 6.07) is 12.3. The summed E-state index contributed by atoms with van der Waals surface area (Å²) in [6.07, 6.45) is 1.94. The molecule has 0 spiro atoms. The number of amides is 2. The van der Waals surface area contributed by atoms with Gasteiger partial charge in [0, 0.05) is 24.3 Å². The number of fused-ring (bicyclic) bond motifs is 1. The predicted molar refractivity (Wildman–Crippen MR) is 125 cm³/mol. The van der Waals surface area contributed by atoms with Crippen LogP contribution in [0.1, 0.15) is 41.6 Å². The first-order valence-corrected chi connectivity index (χ1v) is 11.5.